The fraction of sp³-hybridized carbons (Fsp3) is 0.286. The number of anilines is 1. The Balaban J connectivity index is 1.81. The van der Waals surface area contributed by atoms with Gasteiger partial charge in [-0.15, -0.1) is 0 Å². The second-order valence-electron chi connectivity index (χ2n) is 7.34. The number of nitrogens with one attached hydrogen (secondary N) is 2. The highest BCUT2D eigenvalue weighted by molar-refractivity contribution is 7.92. The molecule has 1 heterocycles. The van der Waals surface area contributed by atoms with Crippen LogP contribution in [0.2, 0.25) is 0 Å². The molecule has 0 atom stereocenters. The maximum absolute atomic E-state index is 13.0. The van der Waals surface area contributed by atoms with E-state index in [1.165, 1.54) is 0 Å². The monoisotopic (exact) mass is 382 g/mol. The van der Waals surface area contributed by atoms with E-state index in [-0.39, 0.29) is 10.7 Å². The van der Waals surface area contributed by atoms with Gasteiger partial charge in [0, 0.05) is 28.6 Å². The van der Waals surface area contributed by atoms with E-state index in [1.807, 2.05) is 32.0 Å². The zero-order chi connectivity index (χ0) is 19.3. The second kappa shape index (κ2) is 6.23. The quantitative estimate of drug-likeness (QED) is 0.704. The van der Waals surface area contributed by atoms with Crippen molar-refractivity contribution < 1.29 is 13.2 Å². The SMILES string of the molecule is Cc1ccc(NS(=O)(=O)c2cc3[nH]c4c(c3cc2C)C(=O)CCC4)c(C)c1. The van der Waals surface area contributed by atoms with Crippen molar-refractivity contribution in [2.24, 2.45) is 0 Å². The van der Waals surface area contributed by atoms with Gasteiger partial charge in [0.25, 0.3) is 10.0 Å². The van der Waals surface area contributed by atoms with Crippen molar-refractivity contribution in [3.63, 3.8) is 0 Å². The topological polar surface area (TPSA) is 79.0 Å². The molecule has 0 fully saturated rings. The van der Waals surface area contributed by atoms with Crippen molar-refractivity contribution >= 4 is 32.4 Å². The highest BCUT2D eigenvalue weighted by atomic mass is 32.2. The number of aromatic nitrogens is 1. The molecule has 6 heteroatoms. The molecule has 4 rings (SSSR count). The standard InChI is InChI=1S/C21H22N2O3S/c1-12-7-8-16(13(2)9-12)23-27(25,26)20-11-18-15(10-14(20)3)21-17(22-18)5-4-6-19(21)24/h7-11,22-23H,4-6H2,1-3H3. The van der Waals surface area contributed by atoms with Gasteiger partial charge in [0.1, 0.15) is 0 Å². The van der Waals surface area contributed by atoms with Gasteiger partial charge >= 0.3 is 0 Å². The molecule has 140 valence electrons. The predicted molar refractivity (Wildman–Crippen MR) is 107 cm³/mol. The van der Waals surface area contributed by atoms with Crippen molar-refractivity contribution in [3.8, 4) is 0 Å². The van der Waals surface area contributed by atoms with Crippen LogP contribution >= 0.6 is 0 Å². The Morgan fingerprint density at radius 3 is 2.52 bits per heavy atom. The molecule has 2 aromatic carbocycles. The van der Waals surface area contributed by atoms with Crippen LogP contribution < -0.4 is 4.72 Å². The van der Waals surface area contributed by atoms with Crippen LogP contribution in [0.1, 0.15) is 45.6 Å². The summed E-state index contributed by atoms with van der Waals surface area (Å²) in [5, 5.41) is 0.817. The summed E-state index contributed by atoms with van der Waals surface area (Å²) in [4.78, 5) is 15.8. The van der Waals surface area contributed by atoms with Crippen molar-refractivity contribution in [2.75, 3.05) is 4.72 Å². The molecule has 0 unspecified atom stereocenters. The Labute approximate surface area is 158 Å². The van der Waals surface area contributed by atoms with Gasteiger partial charge in [0.2, 0.25) is 0 Å². The van der Waals surface area contributed by atoms with Gasteiger partial charge in [-0.25, -0.2) is 8.42 Å². The minimum absolute atomic E-state index is 0.130. The summed E-state index contributed by atoms with van der Waals surface area (Å²) >= 11 is 0. The number of sulfonamides is 1. The molecule has 5 nitrogen and oxygen atoms in total. The molecule has 0 spiro atoms. The van der Waals surface area contributed by atoms with Crippen LogP contribution in [-0.4, -0.2) is 19.2 Å². The number of carbonyl (C=O) groups is 1. The van der Waals surface area contributed by atoms with Crippen molar-refractivity contribution in [1.82, 2.24) is 4.98 Å². The molecule has 0 saturated heterocycles. The lowest BCUT2D eigenvalue weighted by atomic mass is 9.94. The molecule has 1 aromatic heterocycles. The number of Topliss-reactive ketones (excluding diaryl/α,β-unsaturated/α-hetero) is 1. The lowest BCUT2D eigenvalue weighted by Crippen LogP contribution is -2.15. The van der Waals surface area contributed by atoms with Gasteiger partial charge in [0.15, 0.2) is 5.78 Å². The van der Waals surface area contributed by atoms with E-state index in [4.69, 9.17) is 0 Å². The first-order valence-corrected chi connectivity index (χ1v) is 10.5. The van der Waals surface area contributed by atoms with E-state index in [9.17, 15) is 13.2 Å². The first-order valence-electron chi connectivity index (χ1n) is 9.05. The predicted octanol–water partition coefficient (Wildman–Crippen LogP) is 4.41. The summed E-state index contributed by atoms with van der Waals surface area (Å²) in [6.07, 6.45) is 2.20. The van der Waals surface area contributed by atoms with Gasteiger partial charge in [-0.2, -0.15) is 0 Å². The first kappa shape index (κ1) is 17.8. The van der Waals surface area contributed by atoms with Crippen LogP contribution in [0.5, 0.6) is 0 Å². The highest BCUT2D eigenvalue weighted by Gasteiger charge is 2.25. The fourth-order valence-electron chi connectivity index (χ4n) is 3.86. The summed E-state index contributed by atoms with van der Waals surface area (Å²) in [6, 6.07) is 9.05. The van der Waals surface area contributed by atoms with E-state index >= 15 is 0 Å². The molecule has 0 aliphatic heterocycles. The number of aromatic amines is 1. The van der Waals surface area contributed by atoms with Crippen molar-refractivity contribution in [1.29, 1.82) is 0 Å². The molecule has 0 bridgehead atoms. The number of fused-ring (bicyclic) bond motifs is 3. The molecule has 2 N–H and O–H groups in total. The van der Waals surface area contributed by atoms with Crippen LogP contribution in [0, 0.1) is 20.8 Å². The Morgan fingerprint density at radius 2 is 1.78 bits per heavy atom. The van der Waals surface area contributed by atoms with Crippen molar-refractivity contribution in [2.45, 2.75) is 44.9 Å². The van der Waals surface area contributed by atoms with Crippen LogP contribution in [0.15, 0.2) is 35.2 Å². The smallest absolute Gasteiger partial charge is 0.262 e. The normalized spacial score (nSPS) is 14.4. The van der Waals surface area contributed by atoms with Gasteiger partial charge in [0.05, 0.1) is 10.6 Å². The third-order valence-electron chi connectivity index (χ3n) is 5.20. The highest BCUT2D eigenvalue weighted by Crippen LogP contribution is 2.33. The average Bonchev–Trinajstić information content (AvgIpc) is 2.95. The zero-order valence-corrected chi connectivity index (χ0v) is 16.5. The van der Waals surface area contributed by atoms with Gasteiger partial charge in [-0.1, -0.05) is 17.7 Å². The van der Waals surface area contributed by atoms with E-state index in [2.05, 4.69) is 9.71 Å². The molecule has 1 aliphatic rings. The zero-order valence-electron chi connectivity index (χ0n) is 15.6. The number of carbonyl (C=O) groups excluding carboxylic acids is 1. The number of ketones is 1. The molecular formula is C21H22N2O3S. The molecule has 1 aliphatic carbocycles. The lowest BCUT2D eigenvalue weighted by Gasteiger charge is -2.13. The number of H-pyrrole nitrogens is 1. The molecular weight excluding hydrogens is 360 g/mol. The average molecular weight is 382 g/mol. The minimum Gasteiger partial charge on any atom is -0.358 e. The second-order valence-corrected chi connectivity index (χ2v) is 8.99. The minimum atomic E-state index is -3.74. The third-order valence-corrected chi connectivity index (χ3v) is 6.70. The molecule has 0 radical (unpaired) electrons. The van der Waals surface area contributed by atoms with E-state index in [0.717, 1.165) is 40.6 Å². The third kappa shape index (κ3) is 3.04. The van der Waals surface area contributed by atoms with Crippen LogP contribution in [0.3, 0.4) is 0 Å². The van der Waals surface area contributed by atoms with E-state index in [0.29, 0.717) is 23.2 Å². The number of hydrogen-bond acceptors (Lipinski definition) is 3. The largest absolute Gasteiger partial charge is 0.358 e. The number of rotatable bonds is 3. The summed E-state index contributed by atoms with van der Waals surface area (Å²) in [5.41, 5.74) is 5.49. The molecule has 27 heavy (non-hydrogen) atoms. The van der Waals surface area contributed by atoms with Crippen LogP contribution in [-0.2, 0) is 16.4 Å². The summed E-state index contributed by atoms with van der Waals surface area (Å²) < 4.78 is 28.7. The molecule has 0 amide bonds. The summed E-state index contributed by atoms with van der Waals surface area (Å²) in [6.45, 7) is 5.62. The summed E-state index contributed by atoms with van der Waals surface area (Å²) in [5.74, 6) is 0.130. The van der Waals surface area contributed by atoms with Crippen LogP contribution in [0.4, 0.5) is 5.69 Å². The Morgan fingerprint density at radius 1 is 1.00 bits per heavy atom. The van der Waals surface area contributed by atoms with E-state index < -0.39 is 10.0 Å². The molecule has 3 aromatic rings. The fourth-order valence-corrected chi connectivity index (χ4v) is 5.24. The lowest BCUT2D eigenvalue weighted by molar-refractivity contribution is 0.0974. The van der Waals surface area contributed by atoms with E-state index in [1.54, 1.807) is 19.1 Å². The van der Waals surface area contributed by atoms with Crippen LogP contribution in [0.25, 0.3) is 10.9 Å². The summed E-state index contributed by atoms with van der Waals surface area (Å²) in [7, 11) is -3.74. The Kier molecular flexibility index (Phi) is 4.11. The number of hydrogen-bond donors (Lipinski definition) is 2. The maximum Gasteiger partial charge on any atom is 0.262 e. The maximum atomic E-state index is 13.0. The van der Waals surface area contributed by atoms with Gasteiger partial charge in [-0.3, -0.25) is 9.52 Å². The Bertz CT molecular complexity index is 1190. The van der Waals surface area contributed by atoms with Gasteiger partial charge < -0.3 is 4.98 Å². The Hall–Kier alpha value is -2.60. The number of benzene rings is 2. The van der Waals surface area contributed by atoms with Gasteiger partial charge in [-0.05, 0) is 62.9 Å². The number of aryl methyl sites for hydroxylation is 4. The molecule has 0 saturated carbocycles. The first-order chi connectivity index (χ1) is 12.8. The van der Waals surface area contributed by atoms with Crippen molar-refractivity contribution in [3.05, 3.63) is 58.3 Å².